The van der Waals surface area contributed by atoms with E-state index in [2.05, 4.69) is 5.32 Å². The number of nitrogens with one attached hydrogen (secondary N) is 1. The van der Waals surface area contributed by atoms with Gasteiger partial charge in [0.15, 0.2) is 5.78 Å². The van der Waals surface area contributed by atoms with Crippen LogP contribution in [0.25, 0.3) is 0 Å². The van der Waals surface area contributed by atoms with Gasteiger partial charge in [-0.05, 0) is 62.3 Å². The molecule has 3 rings (SSSR count). The summed E-state index contributed by atoms with van der Waals surface area (Å²) in [4.78, 5) is 39.2. The lowest BCUT2D eigenvalue weighted by Crippen LogP contribution is -2.54. The molecular weight excluding hydrogens is 316 g/mol. The van der Waals surface area contributed by atoms with Gasteiger partial charge in [0.1, 0.15) is 5.54 Å². The van der Waals surface area contributed by atoms with Gasteiger partial charge in [0.2, 0.25) is 0 Å². The highest BCUT2D eigenvalue weighted by Crippen LogP contribution is 2.38. The van der Waals surface area contributed by atoms with Crippen molar-refractivity contribution in [3.63, 3.8) is 0 Å². The largest absolute Gasteiger partial charge is 0.325 e. The third-order valence-electron chi connectivity index (χ3n) is 5.94. The fourth-order valence-electron chi connectivity index (χ4n) is 4.13. The van der Waals surface area contributed by atoms with Crippen LogP contribution in [0.1, 0.15) is 59.7 Å². The van der Waals surface area contributed by atoms with Crippen molar-refractivity contribution in [1.82, 2.24) is 10.2 Å². The molecule has 3 amide bonds. The molecule has 0 aromatic heterocycles. The average Bonchev–Trinajstić information content (AvgIpc) is 2.79. The first-order chi connectivity index (χ1) is 11.8. The van der Waals surface area contributed by atoms with Crippen molar-refractivity contribution in [2.45, 2.75) is 58.9 Å². The highest BCUT2D eigenvalue weighted by atomic mass is 16.2. The van der Waals surface area contributed by atoms with Crippen LogP contribution in [0.15, 0.2) is 12.1 Å². The second-order valence-corrected chi connectivity index (χ2v) is 7.61. The molecule has 1 saturated carbocycles. The maximum atomic E-state index is 13.0. The number of urea groups is 1. The molecule has 2 fully saturated rings. The summed E-state index contributed by atoms with van der Waals surface area (Å²) in [7, 11) is 0. The van der Waals surface area contributed by atoms with E-state index in [4.69, 9.17) is 0 Å². The minimum Gasteiger partial charge on any atom is -0.323 e. The Hall–Kier alpha value is -2.17. The maximum Gasteiger partial charge on any atom is 0.325 e. The van der Waals surface area contributed by atoms with Crippen molar-refractivity contribution < 1.29 is 14.4 Å². The van der Waals surface area contributed by atoms with Gasteiger partial charge in [-0.2, -0.15) is 0 Å². The van der Waals surface area contributed by atoms with E-state index in [1.54, 1.807) is 0 Å². The van der Waals surface area contributed by atoms with E-state index in [1.165, 1.54) is 0 Å². The fourth-order valence-corrected chi connectivity index (χ4v) is 4.13. The lowest BCUT2D eigenvalue weighted by Gasteiger charge is -2.36. The highest BCUT2D eigenvalue weighted by Gasteiger charge is 2.55. The molecule has 1 saturated heterocycles. The number of hydrogen-bond donors (Lipinski definition) is 1. The van der Waals surface area contributed by atoms with Gasteiger partial charge in [-0.15, -0.1) is 0 Å². The molecule has 0 bridgehead atoms. The molecule has 1 heterocycles. The predicted octanol–water partition coefficient (Wildman–Crippen LogP) is 3.30. The van der Waals surface area contributed by atoms with Crippen molar-refractivity contribution in [2.24, 2.45) is 5.92 Å². The Balaban J connectivity index is 1.83. The number of ketones is 1. The summed E-state index contributed by atoms with van der Waals surface area (Å²) in [6.07, 6.45) is 3.58. The number of rotatable bonds is 3. The molecule has 1 aliphatic carbocycles. The van der Waals surface area contributed by atoms with E-state index in [1.807, 2.05) is 39.8 Å². The van der Waals surface area contributed by atoms with Crippen LogP contribution in [0, 0.1) is 26.7 Å². The van der Waals surface area contributed by atoms with Crippen LogP contribution in [0.2, 0.25) is 0 Å². The van der Waals surface area contributed by atoms with Crippen molar-refractivity contribution >= 4 is 17.7 Å². The van der Waals surface area contributed by atoms with Crippen LogP contribution in [-0.2, 0) is 4.79 Å². The molecule has 1 aromatic carbocycles. The minimum absolute atomic E-state index is 0.0983. The third-order valence-corrected chi connectivity index (χ3v) is 5.94. The molecule has 1 aliphatic heterocycles. The predicted molar refractivity (Wildman–Crippen MR) is 95.6 cm³/mol. The summed E-state index contributed by atoms with van der Waals surface area (Å²) in [6.45, 7) is 7.66. The summed E-state index contributed by atoms with van der Waals surface area (Å²) in [6, 6.07) is 3.39. The molecule has 134 valence electrons. The number of benzene rings is 1. The molecule has 1 aromatic rings. The fraction of sp³-hybridized carbons (Fsp3) is 0.550. The van der Waals surface area contributed by atoms with Crippen LogP contribution >= 0.6 is 0 Å². The lowest BCUT2D eigenvalue weighted by molar-refractivity contribution is -0.133. The number of Topliss-reactive ketones (excluding diaryl/α,β-unsaturated/α-hetero) is 1. The van der Waals surface area contributed by atoms with E-state index in [0.29, 0.717) is 12.0 Å². The molecule has 25 heavy (non-hydrogen) atoms. The molecule has 0 unspecified atom stereocenters. The quantitative estimate of drug-likeness (QED) is 0.677. The zero-order chi connectivity index (χ0) is 18.4. The Bertz CT molecular complexity index is 756. The average molecular weight is 342 g/mol. The zero-order valence-corrected chi connectivity index (χ0v) is 15.4. The van der Waals surface area contributed by atoms with E-state index < -0.39 is 11.6 Å². The summed E-state index contributed by atoms with van der Waals surface area (Å²) < 4.78 is 0. The standard InChI is InChI=1S/C20H26N2O3/c1-12-9-14(3)16(10-13(12)2)17(23)11-22-18(24)20(21-19(22)25)8-6-5-7-15(20)4/h9-10,15H,5-8,11H2,1-4H3,(H,21,25)/t15-,20+/m0/s1. The summed E-state index contributed by atoms with van der Waals surface area (Å²) in [5, 5.41) is 2.90. The summed E-state index contributed by atoms with van der Waals surface area (Å²) >= 11 is 0. The van der Waals surface area contributed by atoms with E-state index in [-0.39, 0.29) is 24.2 Å². The number of carbonyl (C=O) groups excluding carboxylic acids is 3. The van der Waals surface area contributed by atoms with Crippen LogP contribution in [-0.4, -0.2) is 34.7 Å². The van der Waals surface area contributed by atoms with Gasteiger partial charge < -0.3 is 5.32 Å². The monoisotopic (exact) mass is 342 g/mol. The minimum atomic E-state index is -0.812. The van der Waals surface area contributed by atoms with Crippen molar-refractivity contribution in [3.8, 4) is 0 Å². The van der Waals surface area contributed by atoms with Gasteiger partial charge in [-0.25, -0.2) is 4.79 Å². The Morgan fingerprint density at radius 1 is 1.16 bits per heavy atom. The SMILES string of the molecule is Cc1cc(C)c(C(=O)CN2C(=O)N[C@@]3(CCCC[C@@H]3C)C2=O)cc1C. The molecule has 5 nitrogen and oxygen atoms in total. The van der Waals surface area contributed by atoms with Crippen LogP contribution < -0.4 is 5.32 Å². The van der Waals surface area contributed by atoms with Gasteiger partial charge in [0.05, 0.1) is 6.54 Å². The van der Waals surface area contributed by atoms with Crippen LogP contribution in [0.4, 0.5) is 4.79 Å². The number of hydrogen-bond acceptors (Lipinski definition) is 3. The van der Waals surface area contributed by atoms with Gasteiger partial charge in [0, 0.05) is 5.56 Å². The van der Waals surface area contributed by atoms with Gasteiger partial charge >= 0.3 is 6.03 Å². The number of nitrogens with zero attached hydrogens (tertiary/aromatic N) is 1. The lowest BCUT2D eigenvalue weighted by atomic mass is 9.73. The molecule has 0 radical (unpaired) electrons. The first-order valence-electron chi connectivity index (χ1n) is 9.01. The number of aryl methyl sites for hydroxylation is 3. The summed E-state index contributed by atoms with van der Waals surface area (Å²) in [5.41, 5.74) is 2.80. The number of amides is 3. The Kier molecular flexibility index (Phi) is 4.43. The Morgan fingerprint density at radius 2 is 1.84 bits per heavy atom. The van der Waals surface area contributed by atoms with Crippen molar-refractivity contribution in [2.75, 3.05) is 6.54 Å². The number of carbonyl (C=O) groups is 3. The normalized spacial score (nSPS) is 26.2. The second kappa shape index (κ2) is 6.28. The molecule has 1 N–H and O–H groups in total. The summed E-state index contributed by atoms with van der Waals surface area (Å²) in [5.74, 6) is -0.328. The van der Waals surface area contributed by atoms with Crippen molar-refractivity contribution in [1.29, 1.82) is 0 Å². The molecule has 2 atom stereocenters. The number of imide groups is 1. The van der Waals surface area contributed by atoms with E-state index in [9.17, 15) is 14.4 Å². The zero-order valence-electron chi connectivity index (χ0n) is 15.4. The molecule has 1 spiro atoms. The van der Waals surface area contributed by atoms with Gasteiger partial charge in [0.25, 0.3) is 5.91 Å². The second-order valence-electron chi connectivity index (χ2n) is 7.61. The van der Waals surface area contributed by atoms with Crippen LogP contribution in [0.5, 0.6) is 0 Å². The molecule has 2 aliphatic rings. The molecule has 5 heteroatoms. The van der Waals surface area contributed by atoms with E-state index in [0.717, 1.165) is 40.9 Å². The van der Waals surface area contributed by atoms with E-state index >= 15 is 0 Å². The van der Waals surface area contributed by atoms with Crippen LogP contribution in [0.3, 0.4) is 0 Å². The van der Waals surface area contributed by atoms with Gasteiger partial charge in [-0.3, -0.25) is 14.5 Å². The maximum absolute atomic E-state index is 13.0. The smallest absolute Gasteiger partial charge is 0.323 e. The Morgan fingerprint density at radius 3 is 2.52 bits per heavy atom. The third kappa shape index (κ3) is 2.86. The Labute approximate surface area is 148 Å². The topological polar surface area (TPSA) is 66.5 Å². The highest BCUT2D eigenvalue weighted by molar-refractivity contribution is 6.11. The first kappa shape index (κ1) is 17.6. The van der Waals surface area contributed by atoms with Crippen molar-refractivity contribution in [3.05, 3.63) is 34.4 Å². The van der Waals surface area contributed by atoms with Gasteiger partial charge in [-0.1, -0.05) is 25.8 Å². The molecular formula is C20H26N2O3. The first-order valence-corrected chi connectivity index (χ1v) is 9.01.